The summed E-state index contributed by atoms with van der Waals surface area (Å²) in [6.45, 7) is 0. The maximum absolute atomic E-state index is 11.3. The Hall–Kier alpha value is -2.54. The van der Waals surface area contributed by atoms with Crippen LogP contribution in [0.4, 0.5) is 5.69 Å². The summed E-state index contributed by atoms with van der Waals surface area (Å²) in [6.07, 6.45) is 1.10. The summed E-state index contributed by atoms with van der Waals surface area (Å²) in [5.74, 6) is -1.44. The van der Waals surface area contributed by atoms with Crippen LogP contribution in [0.5, 0.6) is 11.6 Å². The third-order valence-corrected chi connectivity index (χ3v) is 2.47. The second kappa shape index (κ2) is 4.99. The van der Waals surface area contributed by atoms with Crippen LogP contribution in [0.1, 0.15) is 10.4 Å². The number of rotatable bonds is 3. The lowest BCUT2D eigenvalue weighted by molar-refractivity contribution is 0.0694. The third kappa shape index (κ3) is 2.66. The lowest BCUT2D eigenvalue weighted by Gasteiger charge is -2.09. The quantitative estimate of drug-likeness (QED) is 0.784. The number of nitrogens with zero attached hydrogens (tertiary/aromatic N) is 1. The highest BCUT2D eigenvalue weighted by Gasteiger charge is 2.15. The van der Waals surface area contributed by atoms with Crippen molar-refractivity contribution < 1.29 is 14.6 Å². The number of carboxylic acids is 1. The normalized spacial score (nSPS) is 10.2. The number of benzene rings is 1. The molecule has 19 heavy (non-hydrogen) atoms. The monoisotopic (exact) mass is 281 g/mol. The molecule has 0 aliphatic rings. The molecule has 0 aliphatic carbocycles. The van der Waals surface area contributed by atoms with Crippen molar-refractivity contribution in [1.82, 2.24) is 9.97 Å². The molecule has 1 heterocycles. The third-order valence-electron chi connectivity index (χ3n) is 2.23. The van der Waals surface area contributed by atoms with Crippen LogP contribution in [0.2, 0.25) is 5.02 Å². The Morgan fingerprint density at radius 2 is 2.21 bits per heavy atom. The minimum absolute atomic E-state index is 0.0511. The molecule has 4 N–H and O–H groups in total. The molecule has 0 fully saturated rings. The first-order chi connectivity index (χ1) is 8.99. The highest BCUT2D eigenvalue weighted by molar-refractivity contribution is 6.30. The van der Waals surface area contributed by atoms with Gasteiger partial charge in [0.15, 0.2) is 5.69 Å². The molecule has 2 rings (SSSR count). The lowest BCUT2D eigenvalue weighted by Crippen LogP contribution is -2.13. The zero-order chi connectivity index (χ0) is 14.0. The smallest absolute Gasteiger partial charge is 0.339 e. The van der Waals surface area contributed by atoms with Crippen molar-refractivity contribution in [3.05, 3.63) is 45.5 Å². The molecule has 1 aromatic heterocycles. The van der Waals surface area contributed by atoms with E-state index in [2.05, 4.69) is 9.97 Å². The second-order valence-electron chi connectivity index (χ2n) is 3.50. The predicted octanol–water partition coefficient (Wildman–Crippen LogP) is 1.50. The van der Waals surface area contributed by atoms with Gasteiger partial charge in [-0.2, -0.15) is 0 Å². The molecule has 0 bridgehead atoms. The van der Waals surface area contributed by atoms with Crippen molar-refractivity contribution in [2.75, 3.05) is 5.73 Å². The topological polar surface area (TPSA) is 118 Å². The predicted molar refractivity (Wildman–Crippen MR) is 67.8 cm³/mol. The van der Waals surface area contributed by atoms with Crippen molar-refractivity contribution in [3.8, 4) is 11.6 Å². The Morgan fingerprint density at radius 1 is 1.47 bits per heavy atom. The first kappa shape index (κ1) is 12.9. The molecule has 0 atom stereocenters. The minimum atomic E-state index is -1.20. The van der Waals surface area contributed by atoms with Gasteiger partial charge in [0.2, 0.25) is 5.88 Å². The number of hydrogen-bond donors (Lipinski definition) is 3. The number of aromatic amines is 1. The molecule has 0 aliphatic heterocycles. The summed E-state index contributed by atoms with van der Waals surface area (Å²) in [7, 11) is 0. The van der Waals surface area contributed by atoms with Crippen LogP contribution in [0, 0.1) is 0 Å². The van der Waals surface area contributed by atoms with Crippen LogP contribution in [0.3, 0.4) is 0 Å². The number of halogens is 1. The molecule has 0 unspecified atom stereocenters. The average Bonchev–Trinajstić information content (AvgIpc) is 2.35. The maximum Gasteiger partial charge on any atom is 0.339 e. The number of carbonyl (C=O) groups is 1. The van der Waals surface area contributed by atoms with Gasteiger partial charge >= 0.3 is 5.97 Å². The minimum Gasteiger partial charge on any atom is -0.478 e. The molecule has 8 heteroatoms. The van der Waals surface area contributed by atoms with Gasteiger partial charge in [0.25, 0.3) is 5.56 Å². The fourth-order valence-electron chi connectivity index (χ4n) is 1.34. The van der Waals surface area contributed by atoms with E-state index in [9.17, 15) is 9.59 Å². The van der Waals surface area contributed by atoms with Gasteiger partial charge in [0, 0.05) is 11.1 Å². The van der Waals surface area contributed by atoms with E-state index in [4.69, 9.17) is 27.2 Å². The Balaban J connectivity index is 2.48. The summed E-state index contributed by atoms with van der Waals surface area (Å²) in [5.41, 5.74) is 4.53. The molecular weight excluding hydrogens is 274 g/mol. The van der Waals surface area contributed by atoms with E-state index >= 15 is 0 Å². The number of nitrogens with one attached hydrogen (secondary N) is 1. The Labute approximate surface area is 111 Å². The summed E-state index contributed by atoms with van der Waals surface area (Å²) in [5, 5.41) is 9.30. The highest BCUT2D eigenvalue weighted by atomic mass is 35.5. The average molecular weight is 282 g/mol. The fourth-order valence-corrected chi connectivity index (χ4v) is 1.50. The van der Waals surface area contributed by atoms with Crippen molar-refractivity contribution in [2.45, 2.75) is 0 Å². The van der Waals surface area contributed by atoms with Crippen LogP contribution < -0.4 is 16.0 Å². The largest absolute Gasteiger partial charge is 0.478 e. The Kier molecular flexibility index (Phi) is 3.39. The molecule has 0 saturated heterocycles. The van der Waals surface area contributed by atoms with Crippen LogP contribution in [-0.4, -0.2) is 21.0 Å². The standard InChI is InChI=1S/C11H8ClN3O4/c12-5-1-2-6(11(17)18)7(3-5)19-10-8(13)9(16)14-4-15-10/h1-4H,13H2,(H,17,18)(H,14,15,16). The summed E-state index contributed by atoms with van der Waals surface area (Å²) >= 11 is 5.77. The second-order valence-corrected chi connectivity index (χ2v) is 3.93. The van der Waals surface area contributed by atoms with Gasteiger partial charge in [-0.3, -0.25) is 4.79 Å². The molecular formula is C11H8ClN3O4. The van der Waals surface area contributed by atoms with E-state index < -0.39 is 11.5 Å². The van der Waals surface area contributed by atoms with E-state index in [1.54, 1.807) is 0 Å². The van der Waals surface area contributed by atoms with Gasteiger partial charge in [-0.15, -0.1) is 0 Å². The number of anilines is 1. The summed E-state index contributed by atoms with van der Waals surface area (Å²) in [6, 6.07) is 3.99. The number of nitrogen functional groups attached to an aromatic ring is 1. The molecule has 2 aromatic rings. The zero-order valence-corrected chi connectivity index (χ0v) is 10.1. The lowest BCUT2D eigenvalue weighted by atomic mass is 10.2. The van der Waals surface area contributed by atoms with Gasteiger partial charge in [-0.25, -0.2) is 9.78 Å². The first-order valence-corrected chi connectivity index (χ1v) is 5.40. The van der Waals surface area contributed by atoms with Crippen molar-refractivity contribution >= 4 is 23.3 Å². The van der Waals surface area contributed by atoms with E-state index in [-0.39, 0.29) is 27.9 Å². The summed E-state index contributed by atoms with van der Waals surface area (Å²) in [4.78, 5) is 28.3. The molecule has 0 radical (unpaired) electrons. The van der Waals surface area contributed by atoms with E-state index in [0.717, 1.165) is 6.33 Å². The number of nitrogens with two attached hydrogens (primary N) is 1. The van der Waals surface area contributed by atoms with Crippen molar-refractivity contribution in [1.29, 1.82) is 0 Å². The SMILES string of the molecule is Nc1c(Oc2cc(Cl)ccc2C(=O)O)nc[nH]c1=O. The van der Waals surface area contributed by atoms with Crippen LogP contribution in [0.15, 0.2) is 29.3 Å². The molecule has 98 valence electrons. The number of aromatic carboxylic acids is 1. The van der Waals surface area contributed by atoms with Crippen molar-refractivity contribution in [2.24, 2.45) is 0 Å². The van der Waals surface area contributed by atoms with Gasteiger partial charge in [0.1, 0.15) is 11.3 Å². The molecule has 7 nitrogen and oxygen atoms in total. The van der Waals surface area contributed by atoms with Crippen LogP contribution in [-0.2, 0) is 0 Å². The number of carboxylic acid groups (broad SMARTS) is 1. The number of hydrogen-bond acceptors (Lipinski definition) is 5. The first-order valence-electron chi connectivity index (χ1n) is 5.03. The zero-order valence-electron chi connectivity index (χ0n) is 9.38. The van der Waals surface area contributed by atoms with Gasteiger partial charge in [-0.05, 0) is 12.1 Å². The van der Waals surface area contributed by atoms with Crippen LogP contribution >= 0.6 is 11.6 Å². The number of ether oxygens (including phenoxy) is 1. The maximum atomic E-state index is 11.3. The van der Waals surface area contributed by atoms with Crippen LogP contribution in [0.25, 0.3) is 0 Å². The fraction of sp³-hybridized carbons (Fsp3) is 0. The van der Waals surface area contributed by atoms with Gasteiger partial charge < -0.3 is 20.6 Å². The van der Waals surface area contributed by atoms with Gasteiger partial charge in [-0.1, -0.05) is 11.6 Å². The highest BCUT2D eigenvalue weighted by Crippen LogP contribution is 2.28. The summed E-state index contributed by atoms with van der Waals surface area (Å²) < 4.78 is 5.24. The molecule has 0 saturated carbocycles. The molecule has 0 amide bonds. The van der Waals surface area contributed by atoms with Gasteiger partial charge in [0.05, 0.1) is 6.33 Å². The Bertz CT molecular complexity index is 699. The molecule has 0 spiro atoms. The van der Waals surface area contributed by atoms with E-state index in [0.29, 0.717) is 0 Å². The molecule has 1 aromatic carbocycles. The van der Waals surface area contributed by atoms with Crippen molar-refractivity contribution in [3.63, 3.8) is 0 Å². The Morgan fingerprint density at radius 3 is 2.89 bits per heavy atom. The van der Waals surface area contributed by atoms with E-state index in [1.165, 1.54) is 18.2 Å². The number of aromatic nitrogens is 2. The van der Waals surface area contributed by atoms with E-state index in [1.807, 2.05) is 0 Å². The number of H-pyrrole nitrogens is 1.